The Hall–Kier alpha value is -6.12. The van der Waals surface area contributed by atoms with E-state index in [9.17, 15) is 19.2 Å². The van der Waals surface area contributed by atoms with Gasteiger partial charge in [0.15, 0.2) is 17.3 Å². The normalized spacial score (nSPS) is 20.8. The van der Waals surface area contributed by atoms with E-state index in [1.807, 2.05) is 103 Å². The summed E-state index contributed by atoms with van der Waals surface area (Å²) in [5.41, 5.74) is 3.77. The van der Waals surface area contributed by atoms with Crippen LogP contribution in [0.25, 0.3) is 0 Å². The van der Waals surface area contributed by atoms with Gasteiger partial charge in [-0.25, -0.2) is 14.4 Å². The molecule has 4 aromatic carbocycles. The fourth-order valence-electron chi connectivity index (χ4n) is 8.30. The van der Waals surface area contributed by atoms with Crippen molar-refractivity contribution in [3.05, 3.63) is 131 Å². The van der Waals surface area contributed by atoms with Gasteiger partial charge in [0.1, 0.15) is 18.8 Å². The molecule has 0 radical (unpaired) electrons. The monoisotopic (exact) mass is 849 g/mol. The number of hydrogen-bond donors (Lipinski definition) is 3. The van der Waals surface area contributed by atoms with Gasteiger partial charge in [0, 0.05) is 56.7 Å². The summed E-state index contributed by atoms with van der Waals surface area (Å²) >= 11 is 0. The molecule has 4 aromatic rings. The number of para-hydroxylation sites is 1. The summed E-state index contributed by atoms with van der Waals surface area (Å²) in [6.07, 6.45) is 0.101. The fraction of sp³-hybridized carbons (Fsp3) is 0.417. The molecule has 1 spiro atoms. The van der Waals surface area contributed by atoms with Crippen LogP contribution in [-0.2, 0) is 46.2 Å². The third kappa shape index (κ3) is 12.3. The van der Waals surface area contributed by atoms with Crippen LogP contribution in [0, 0.1) is 0 Å². The highest BCUT2D eigenvalue weighted by molar-refractivity contribution is 5.84. The third-order valence-electron chi connectivity index (χ3n) is 11.2. The number of nitrogens with one attached hydrogen (secondary N) is 3. The van der Waals surface area contributed by atoms with Gasteiger partial charge in [-0.1, -0.05) is 103 Å². The quantitative estimate of drug-likeness (QED) is 0.0733. The van der Waals surface area contributed by atoms with E-state index in [4.69, 9.17) is 33.2 Å². The Labute approximate surface area is 361 Å². The van der Waals surface area contributed by atoms with Crippen LogP contribution < -0.4 is 25.4 Å². The molecule has 3 N–H and O–H groups in total. The number of rotatable bonds is 17. The first kappa shape index (κ1) is 44.0. The van der Waals surface area contributed by atoms with E-state index in [0.29, 0.717) is 43.7 Å². The molecule has 3 heterocycles. The number of amides is 3. The Morgan fingerprint density at radius 1 is 0.790 bits per heavy atom. The average Bonchev–Trinajstić information content (AvgIpc) is 3.78. The van der Waals surface area contributed by atoms with Crippen LogP contribution in [0.2, 0.25) is 0 Å². The van der Waals surface area contributed by atoms with E-state index in [0.717, 1.165) is 22.3 Å². The Morgan fingerprint density at radius 3 is 2.23 bits per heavy atom. The molecular weight excluding hydrogens is 795 g/mol. The summed E-state index contributed by atoms with van der Waals surface area (Å²) in [4.78, 5) is 52.7. The van der Waals surface area contributed by atoms with E-state index >= 15 is 0 Å². The summed E-state index contributed by atoms with van der Waals surface area (Å²) in [5.74, 6) is -0.901. The molecule has 3 aliphatic rings. The van der Waals surface area contributed by atoms with Crippen molar-refractivity contribution in [2.24, 2.45) is 0 Å². The SMILES string of the molecule is CCOC(=O)[C@H](Cc1ccccc1)NC(=O)CC[C@@H]1C[C@@H](OC(=O)NCc2cccc3c2OCO3)C[C@@]2(CCC[C@H](COC(=O)NCC(c3ccccc3)c3ccccc3)O2)O1. The predicted molar refractivity (Wildman–Crippen MR) is 227 cm³/mol. The second kappa shape index (κ2) is 21.6. The number of alkyl carbamates (subject to hydrolysis) is 2. The Kier molecular flexibility index (Phi) is 15.3. The largest absolute Gasteiger partial charge is 0.464 e. The van der Waals surface area contributed by atoms with Crippen molar-refractivity contribution in [1.82, 2.24) is 16.0 Å². The second-order valence-electron chi connectivity index (χ2n) is 15.7. The highest BCUT2D eigenvalue weighted by atomic mass is 16.7. The van der Waals surface area contributed by atoms with Gasteiger partial charge >= 0.3 is 18.2 Å². The third-order valence-corrected chi connectivity index (χ3v) is 11.2. The summed E-state index contributed by atoms with van der Waals surface area (Å²) in [5, 5.41) is 8.62. The van der Waals surface area contributed by atoms with Gasteiger partial charge < -0.3 is 49.1 Å². The van der Waals surface area contributed by atoms with Crippen molar-refractivity contribution in [1.29, 1.82) is 0 Å². The zero-order valence-corrected chi connectivity index (χ0v) is 35.0. The van der Waals surface area contributed by atoms with Crippen molar-refractivity contribution in [2.45, 2.75) is 101 Å². The minimum absolute atomic E-state index is 0.0127. The van der Waals surface area contributed by atoms with Gasteiger partial charge in [-0.2, -0.15) is 0 Å². The van der Waals surface area contributed by atoms with Crippen molar-refractivity contribution in [3.63, 3.8) is 0 Å². The molecule has 0 unspecified atom stereocenters. The summed E-state index contributed by atoms with van der Waals surface area (Å²) in [6, 6.07) is 34.0. The van der Waals surface area contributed by atoms with E-state index < -0.39 is 48.3 Å². The zero-order valence-electron chi connectivity index (χ0n) is 35.0. The van der Waals surface area contributed by atoms with Crippen molar-refractivity contribution in [3.8, 4) is 11.5 Å². The number of carbonyl (C=O) groups is 4. The van der Waals surface area contributed by atoms with Crippen LogP contribution in [0.1, 0.15) is 80.0 Å². The van der Waals surface area contributed by atoms with Crippen molar-refractivity contribution < 1.29 is 52.3 Å². The molecule has 328 valence electrons. The molecule has 0 aromatic heterocycles. The molecule has 0 saturated carbocycles. The Bertz CT molecular complexity index is 2050. The van der Waals surface area contributed by atoms with Crippen molar-refractivity contribution in [2.75, 3.05) is 26.6 Å². The molecule has 14 heteroatoms. The minimum Gasteiger partial charge on any atom is -0.464 e. The lowest BCUT2D eigenvalue weighted by atomic mass is 9.90. The van der Waals surface area contributed by atoms with Gasteiger partial charge in [0.25, 0.3) is 0 Å². The summed E-state index contributed by atoms with van der Waals surface area (Å²) in [6.45, 7) is 2.49. The van der Waals surface area contributed by atoms with Crippen LogP contribution in [0.4, 0.5) is 9.59 Å². The highest BCUT2D eigenvalue weighted by Gasteiger charge is 2.47. The van der Waals surface area contributed by atoms with Crippen LogP contribution in [0.3, 0.4) is 0 Å². The van der Waals surface area contributed by atoms with Gasteiger partial charge in [-0.3, -0.25) is 4.79 Å². The van der Waals surface area contributed by atoms with E-state index in [1.54, 1.807) is 13.0 Å². The maximum atomic E-state index is 13.4. The average molecular weight is 850 g/mol. The molecule has 3 aliphatic heterocycles. The topological polar surface area (TPSA) is 169 Å². The lowest BCUT2D eigenvalue weighted by Gasteiger charge is -2.47. The van der Waals surface area contributed by atoms with Crippen LogP contribution >= 0.6 is 0 Å². The standard InChI is InChI=1S/C48H55N3O11/c1-2-56-45(53)41(26-33-14-6-3-7-15-33)51-43(52)24-23-37-27-39(60-47(55)49-29-36-20-12-22-42-44(36)59-32-58-42)28-48(61-37)25-13-21-38(62-48)31-57-46(54)50-30-40(34-16-8-4-9-17-34)35-18-10-5-11-19-35/h3-12,14-20,22,37-41H,2,13,21,23-32H2,1H3,(H,49,55)(H,50,54)(H,51,52)/t37-,38-,39-,41+,48+/m1/s1. The van der Waals surface area contributed by atoms with Crippen LogP contribution in [0.15, 0.2) is 109 Å². The molecule has 14 nitrogen and oxygen atoms in total. The number of carbonyl (C=O) groups excluding carboxylic acids is 4. The second-order valence-corrected chi connectivity index (χ2v) is 15.7. The number of esters is 1. The summed E-state index contributed by atoms with van der Waals surface area (Å²) < 4.78 is 41.3. The molecule has 62 heavy (non-hydrogen) atoms. The lowest BCUT2D eigenvalue weighted by Crippen LogP contribution is -2.54. The highest BCUT2D eigenvalue weighted by Crippen LogP contribution is 2.41. The van der Waals surface area contributed by atoms with E-state index in [2.05, 4.69) is 16.0 Å². The molecule has 5 atom stereocenters. The number of hydrogen-bond acceptors (Lipinski definition) is 11. The predicted octanol–water partition coefficient (Wildman–Crippen LogP) is 7.08. The molecule has 0 bridgehead atoms. The van der Waals surface area contributed by atoms with Crippen LogP contribution in [0.5, 0.6) is 11.5 Å². The fourth-order valence-corrected chi connectivity index (χ4v) is 8.30. The summed E-state index contributed by atoms with van der Waals surface area (Å²) in [7, 11) is 0. The molecule has 3 amide bonds. The Balaban J connectivity index is 0.977. The molecule has 2 fully saturated rings. The molecule has 0 aliphatic carbocycles. The molecular formula is C48H55N3O11. The van der Waals surface area contributed by atoms with Gasteiger partial charge in [0.2, 0.25) is 12.7 Å². The van der Waals surface area contributed by atoms with Crippen LogP contribution in [-0.4, -0.2) is 80.8 Å². The smallest absolute Gasteiger partial charge is 0.407 e. The maximum absolute atomic E-state index is 13.4. The van der Waals surface area contributed by atoms with Gasteiger partial charge in [-0.15, -0.1) is 0 Å². The number of benzene rings is 4. The first-order valence-electron chi connectivity index (χ1n) is 21.4. The van der Waals surface area contributed by atoms with E-state index in [1.165, 1.54) is 0 Å². The van der Waals surface area contributed by atoms with Crippen molar-refractivity contribution >= 4 is 24.1 Å². The number of fused-ring (bicyclic) bond motifs is 1. The first-order valence-corrected chi connectivity index (χ1v) is 21.4. The van der Waals surface area contributed by atoms with Gasteiger partial charge in [-0.05, 0) is 48.9 Å². The Morgan fingerprint density at radius 2 is 1.50 bits per heavy atom. The maximum Gasteiger partial charge on any atom is 0.407 e. The van der Waals surface area contributed by atoms with Gasteiger partial charge in [0.05, 0.1) is 18.8 Å². The minimum atomic E-state index is -1.16. The number of ether oxygens (including phenoxy) is 7. The lowest BCUT2D eigenvalue weighted by molar-refractivity contribution is -0.329. The molecule has 7 rings (SSSR count). The molecule has 2 saturated heterocycles. The van der Waals surface area contributed by atoms with E-state index in [-0.39, 0.29) is 64.1 Å². The zero-order chi connectivity index (χ0) is 43.2. The first-order chi connectivity index (χ1) is 30.3.